The molecule has 4 amide bonds. The first-order chi connectivity index (χ1) is 17.2. The molecule has 1 unspecified atom stereocenters. The van der Waals surface area contributed by atoms with Crippen LogP contribution in [0.3, 0.4) is 0 Å². The van der Waals surface area contributed by atoms with Crippen LogP contribution in [0.5, 0.6) is 0 Å². The summed E-state index contributed by atoms with van der Waals surface area (Å²) in [6.45, 7) is 0.661. The average Bonchev–Trinajstić information content (AvgIpc) is 3.17. The van der Waals surface area contributed by atoms with Gasteiger partial charge < -0.3 is 30.9 Å². The Morgan fingerprint density at radius 3 is 2.28 bits per heavy atom. The van der Waals surface area contributed by atoms with Gasteiger partial charge in [0.15, 0.2) is 0 Å². The molecule has 4 rings (SSSR count). The standard InChI is InChI=1S/C24H25Cl2N5O5/c25-16-7-4-8-17(26)19(16)20(32)29-18(21(33)34)13-27-23(36)30-11-9-24(10-12-30)22(35)28-14-31(24)15-5-2-1-3-6-15/h1-8,18H,9-14H2,(H,27,36)(H,28,35)(H,29,32)(H,33,34). The van der Waals surface area contributed by atoms with Crippen LogP contribution < -0.4 is 20.9 Å². The van der Waals surface area contributed by atoms with E-state index in [0.717, 1.165) is 5.69 Å². The number of rotatable bonds is 6. The quantitative estimate of drug-likeness (QED) is 0.450. The van der Waals surface area contributed by atoms with E-state index in [4.69, 9.17) is 23.2 Å². The number of nitrogens with one attached hydrogen (secondary N) is 3. The van der Waals surface area contributed by atoms with Crippen molar-refractivity contribution < 1.29 is 24.3 Å². The molecule has 2 aliphatic rings. The van der Waals surface area contributed by atoms with Crippen LogP contribution in [0.25, 0.3) is 0 Å². The zero-order valence-corrected chi connectivity index (χ0v) is 20.7. The number of para-hydroxylation sites is 1. The number of hydrogen-bond donors (Lipinski definition) is 4. The maximum Gasteiger partial charge on any atom is 0.328 e. The maximum atomic E-state index is 12.8. The monoisotopic (exact) mass is 533 g/mol. The molecule has 0 radical (unpaired) electrons. The number of nitrogens with zero attached hydrogens (tertiary/aromatic N) is 2. The Morgan fingerprint density at radius 2 is 1.67 bits per heavy atom. The van der Waals surface area contributed by atoms with Crippen molar-refractivity contribution in [2.24, 2.45) is 0 Å². The van der Waals surface area contributed by atoms with E-state index in [9.17, 15) is 24.3 Å². The molecule has 0 aromatic heterocycles. The number of benzene rings is 2. The highest BCUT2D eigenvalue weighted by Crippen LogP contribution is 2.36. The van der Waals surface area contributed by atoms with Crippen molar-refractivity contribution in [1.29, 1.82) is 0 Å². The number of amides is 4. The van der Waals surface area contributed by atoms with E-state index in [1.165, 1.54) is 17.0 Å². The van der Waals surface area contributed by atoms with Crippen molar-refractivity contribution in [3.8, 4) is 0 Å². The van der Waals surface area contributed by atoms with E-state index >= 15 is 0 Å². The number of carboxylic acid groups (broad SMARTS) is 1. The molecule has 2 fully saturated rings. The minimum Gasteiger partial charge on any atom is -0.480 e. The van der Waals surface area contributed by atoms with Gasteiger partial charge in [-0.25, -0.2) is 9.59 Å². The van der Waals surface area contributed by atoms with Crippen LogP contribution in [-0.4, -0.2) is 71.7 Å². The van der Waals surface area contributed by atoms with Crippen LogP contribution in [0.4, 0.5) is 10.5 Å². The Hall–Kier alpha value is -3.50. The van der Waals surface area contributed by atoms with Gasteiger partial charge in [0.1, 0.15) is 11.6 Å². The summed E-state index contributed by atoms with van der Waals surface area (Å²) < 4.78 is 0. The van der Waals surface area contributed by atoms with Crippen molar-refractivity contribution in [1.82, 2.24) is 20.9 Å². The molecule has 2 aliphatic heterocycles. The average molecular weight is 534 g/mol. The third-order valence-corrected chi connectivity index (χ3v) is 7.16. The number of anilines is 1. The zero-order chi connectivity index (χ0) is 25.9. The fourth-order valence-electron chi connectivity index (χ4n) is 4.56. The molecule has 1 atom stereocenters. The fourth-order valence-corrected chi connectivity index (χ4v) is 5.13. The number of carboxylic acids is 1. The molecule has 36 heavy (non-hydrogen) atoms. The molecular formula is C24H25Cl2N5O5. The number of likely N-dealkylation sites (tertiary alicyclic amines) is 1. The molecule has 2 saturated heterocycles. The third kappa shape index (κ3) is 5.05. The van der Waals surface area contributed by atoms with E-state index in [1.54, 1.807) is 6.07 Å². The summed E-state index contributed by atoms with van der Waals surface area (Å²) in [6.07, 6.45) is 0.844. The lowest BCUT2D eigenvalue weighted by Crippen LogP contribution is -2.59. The summed E-state index contributed by atoms with van der Waals surface area (Å²) in [7, 11) is 0. The Kier molecular flexibility index (Phi) is 7.56. The van der Waals surface area contributed by atoms with Gasteiger partial charge >= 0.3 is 12.0 Å². The van der Waals surface area contributed by atoms with Crippen LogP contribution in [0.15, 0.2) is 48.5 Å². The summed E-state index contributed by atoms with van der Waals surface area (Å²) >= 11 is 12.1. The van der Waals surface area contributed by atoms with E-state index in [2.05, 4.69) is 16.0 Å². The van der Waals surface area contributed by atoms with Crippen molar-refractivity contribution >= 4 is 52.7 Å². The van der Waals surface area contributed by atoms with Gasteiger partial charge in [-0.2, -0.15) is 0 Å². The van der Waals surface area contributed by atoms with Gasteiger partial charge in [-0.1, -0.05) is 47.5 Å². The lowest BCUT2D eigenvalue weighted by atomic mass is 9.85. The van der Waals surface area contributed by atoms with Gasteiger partial charge in [0.05, 0.1) is 28.8 Å². The molecule has 0 aliphatic carbocycles. The zero-order valence-electron chi connectivity index (χ0n) is 19.2. The second kappa shape index (κ2) is 10.6. The lowest BCUT2D eigenvalue weighted by Gasteiger charge is -2.43. The lowest BCUT2D eigenvalue weighted by molar-refractivity contribution is -0.139. The number of urea groups is 1. The largest absolute Gasteiger partial charge is 0.480 e. The molecule has 10 nitrogen and oxygen atoms in total. The Balaban J connectivity index is 1.35. The summed E-state index contributed by atoms with van der Waals surface area (Å²) in [5, 5.41) is 17.5. The highest BCUT2D eigenvalue weighted by Gasteiger charge is 2.50. The second-order valence-corrected chi connectivity index (χ2v) is 9.41. The Morgan fingerprint density at radius 1 is 1.03 bits per heavy atom. The van der Waals surface area contributed by atoms with E-state index in [1.807, 2.05) is 35.2 Å². The second-order valence-electron chi connectivity index (χ2n) is 8.59. The SMILES string of the molecule is O=C(NC(CNC(=O)N1CCC2(CC1)C(=O)NCN2c1ccccc1)C(=O)O)c1c(Cl)cccc1Cl. The van der Waals surface area contributed by atoms with Crippen LogP contribution in [0.2, 0.25) is 10.0 Å². The van der Waals surface area contributed by atoms with Gasteiger partial charge in [0.25, 0.3) is 5.91 Å². The number of carbonyl (C=O) groups excluding carboxylic acids is 3. The van der Waals surface area contributed by atoms with Crippen LogP contribution in [-0.2, 0) is 9.59 Å². The van der Waals surface area contributed by atoms with Crippen molar-refractivity contribution in [2.45, 2.75) is 24.4 Å². The number of hydrogen-bond acceptors (Lipinski definition) is 5. The summed E-state index contributed by atoms with van der Waals surface area (Å²) in [5.74, 6) is -2.16. The van der Waals surface area contributed by atoms with Gasteiger partial charge in [-0.15, -0.1) is 0 Å². The Labute approximate surface area is 217 Å². The molecule has 4 N–H and O–H groups in total. The number of halogens is 2. The first kappa shape index (κ1) is 25.6. The van der Waals surface area contributed by atoms with Gasteiger partial charge in [-0.3, -0.25) is 9.59 Å². The van der Waals surface area contributed by atoms with Crippen molar-refractivity contribution in [3.05, 3.63) is 64.1 Å². The number of piperidine rings is 1. The molecular weight excluding hydrogens is 509 g/mol. The molecule has 190 valence electrons. The molecule has 2 aromatic rings. The minimum atomic E-state index is -1.40. The van der Waals surface area contributed by atoms with Gasteiger partial charge in [0, 0.05) is 18.8 Å². The van der Waals surface area contributed by atoms with E-state index < -0.39 is 29.5 Å². The van der Waals surface area contributed by atoms with Crippen LogP contribution in [0.1, 0.15) is 23.2 Å². The van der Waals surface area contributed by atoms with Crippen LogP contribution >= 0.6 is 23.2 Å². The van der Waals surface area contributed by atoms with Gasteiger partial charge in [0.2, 0.25) is 5.91 Å². The maximum absolute atomic E-state index is 12.8. The fraction of sp³-hybridized carbons (Fsp3) is 0.333. The molecule has 2 heterocycles. The molecule has 0 bridgehead atoms. The number of aliphatic carboxylic acids is 1. The number of carbonyl (C=O) groups is 4. The highest BCUT2D eigenvalue weighted by molar-refractivity contribution is 6.39. The highest BCUT2D eigenvalue weighted by atomic mass is 35.5. The molecule has 1 spiro atoms. The summed E-state index contributed by atoms with van der Waals surface area (Å²) in [6, 6.07) is 12.2. The molecule has 0 saturated carbocycles. The first-order valence-corrected chi connectivity index (χ1v) is 12.1. The van der Waals surface area contributed by atoms with Crippen molar-refractivity contribution in [2.75, 3.05) is 31.2 Å². The molecule has 12 heteroatoms. The summed E-state index contributed by atoms with van der Waals surface area (Å²) in [5.41, 5.74) is 0.133. The third-order valence-electron chi connectivity index (χ3n) is 6.53. The van der Waals surface area contributed by atoms with E-state index in [0.29, 0.717) is 32.6 Å². The normalized spacial score (nSPS) is 17.4. The van der Waals surface area contributed by atoms with Gasteiger partial charge in [-0.05, 0) is 37.1 Å². The smallest absolute Gasteiger partial charge is 0.328 e. The van der Waals surface area contributed by atoms with Crippen LogP contribution in [0, 0.1) is 0 Å². The predicted octanol–water partition coefficient (Wildman–Crippen LogP) is 2.31. The first-order valence-electron chi connectivity index (χ1n) is 11.3. The minimum absolute atomic E-state index is 0.0439. The van der Waals surface area contributed by atoms with Crippen molar-refractivity contribution in [3.63, 3.8) is 0 Å². The predicted molar refractivity (Wildman–Crippen MR) is 134 cm³/mol. The topological polar surface area (TPSA) is 131 Å². The summed E-state index contributed by atoms with van der Waals surface area (Å²) in [4.78, 5) is 53.4. The molecule has 2 aromatic carbocycles. The Bertz CT molecular complexity index is 1150. The van der Waals surface area contributed by atoms with E-state index in [-0.39, 0.29) is 28.1 Å².